The Hall–Kier alpha value is -3.73. The van der Waals surface area contributed by atoms with Gasteiger partial charge in [0.2, 0.25) is 0 Å². The van der Waals surface area contributed by atoms with Crippen LogP contribution in [0, 0.1) is 24.0 Å². The number of hydrogen-bond donors (Lipinski definition) is 0. The molecular weight excluding hydrogens is 905 g/mol. The summed E-state index contributed by atoms with van der Waals surface area (Å²) in [5, 5.41) is 4.15. The summed E-state index contributed by atoms with van der Waals surface area (Å²) in [5.41, 5.74) is 9.91. The topological polar surface area (TPSA) is 25.8 Å². The first kappa shape index (κ1) is 41.4. The second kappa shape index (κ2) is 18.0. The molecule has 4 aromatic carbocycles. The Labute approximate surface area is 360 Å². The number of rotatable bonds is 8. The molecule has 0 saturated heterocycles. The Balaban J connectivity index is 0.000000183. The van der Waals surface area contributed by atoms with Crippen LogP contribution in [0.15, 0.2) is 116 Å². The number of fused-ring (bicyclic) bond motifs is 3. The molecule has 2 aliphatic carbocycles. The number of aromatic nitrogens is 2. The first-order valence-corrected chi connectivity index (χ1v) is 25.3. The van der Waals surface area contributed by atoms with Gasteiger partial charge in [0.15, 0.2) is 0 Å². The smallest absolute Gasteiger partial charge is 0.0798 e. The third-order valence-electron chi connectivity index (χ3n) is 12.7. The molecule has 0 aliphatic heterocycles. The van der Waals surface area contributed by atoms with Crippen LogP contribution in [0.4, 0.5) is 0 Å². The molecule has 0 unspecified atom stereocenters. The molecule has 0 N–H and O–H groups in total. The molecule has 0 bridgehead atoms. The molecule has 2 fully saturated rings. The Morgan fingerprint density at radius 3 is 2.18 bits per heavy atom. The van der Waals surface area contributed by atoms with Gasteiger partial charge in [0.05, 0.1) is 8.07 Å². The molecule has 2 nitrogen and oxygen atoms in total. The minimum atomic E-state index is -1.36. The van der Waals surface area contributed by atoms with Crippen LogP contribution in [0.5, 0.6) is 0 Å². The van der Waals surface area contributed by atoms with Gasteiger partial charge in [-0.1, -0.05) is 156 Å². The van der Waals surface area contributed by atoms with Crippen molar-refractivity contribution in [1.82, 2.24) is 9.97 Å². The van der Waals surface area contributed by atoms with Crippen molar-refractivity contribution < 1.29 is 20.1 Å². The maximum atomic E-state index is 4.82. The molecule has 0 spiro atoms. The van der Waals surface area contributed by atoms with Crippen molar-refractivity contribution in [2.24, 2.45) is 11.8 Å². The van der Waals surface area contributed by atoms with Crippen LogP contribution in [0.25, 0.3) is 53.8 Å². The zero-order chi connectivity index (χ0) is 38.7. The monoisotopic (exact) mass is 961 g/mol. The third-order valence-corrected chi connectivity index (χ3v) is 15.8. The average molecular weight is 961 g/mol. The van der Waals surface area contributed by atoms with E-state index in [1.54, 1.807) is 10.8 Å². The third kappa shape index (κ3) is 9.28. The number of benzene rings is 4. The van der Waals surface area contributed by atoms with Crippen molar-refractivity contribution >= 4 is 44.8 Å². The molecule has 3 aromatic heterocycles. The van der Waals surface area contributed by atoms with E-state index >= 15 is 0 Å². The molecule has 3 heterocycles. The van der Waals surface area contributed by atoms with Crippen LogP contribution in [-0.4, -0.2) is 18.0 Å². The van der Waals surface area contributed by atoms with Gasteiger partial charge >= 0.3 is 0 Å². The Morgan fingerprint density at radius 2 is 1.44 bits per heavy atom. The maximum Gasteiger partial charge on any atom is 0.0798 e. The molecule has 9 rings (SSSR count). The van der Waals surface area contributed by atoms with E-state index in [2.05, 4.69) is 143 Å². The van der Waals surface area contributed by atoms with Crippen LogP contribution >= 0.6 is 11.3 Å². The summed E-state index contributed by atoms with van der Waals surface area (Å²) in [6, 6.07) is 43.9. The molecular formula is C52H56IrN2SSi-2. The first-order valence-electron chi connectivity index (χ1n) is 21.0. The van der Waals surface area contributed by atoms with Gasteiger partial charge in [-0.2, -0.15) is 11.3 Å². The number of thiophene rings is 1. The second-order valence-corrected chi connectivity index (χ2v) is 23.9. The Kier molecular flexibility index (Phi) is 13.1. The van der Waals surface area contributed by atoms with Crippen LogP contribution in [0.1, 0.15) is 82.8 Å². The van der Waals surface area contributed by atoms with E-state index in [1.807, 2.05) is 29.7 Å². The fraction of sp³-hybridized carbons (Fsp3) is 0.346. The SMILES string of the molecule is CC(C)(c1ccnc(-c2[c-]c3sc4ccccc4c3c(-c3ccccc3)c2)c1)C1CCCC1.C[Si](C)(C)c1cnc(-c2[c-]cccc2)cc1CC1CCCCC1.[Ir]. The Bertz CT molecular complexity index is 2400. The van der Waals surface area contributed by atoms with E-state index in [9.17, 15) is 0 Å². The summed E-state index contributed by atoms with van der Waals surface area (Å²) < 4.78 is 2.51. The Morgan fingerprint density at radius 1 is 0.737 bits per heavy atom. The minimum Gasteiger partial charge on any atom is -0.305 e. The number of nitrogens with zero attached hydrogens (tertiary/aromatic N) is 2. The predicted octanol–water partition coefficient (Wildman–Crippen LogP) is 14.3. The van der Waals surface area contributed by atoms with Crippen LogP contribution in [0.3, 0.4) is 0 Å². The molecule has 1 radical (unpaired) electrons. The predicted molar refractivity (Wildman–Crippen MR) is 244 cm³/mol. The zero-order valence-electron chi connectivity index (χ0n) is 34.3. The van der Waals surface area contributed by atoms with Gasteiger partial charge in [-0.15, -0.1) is 53.6 Å². The molecule has 295 valence electrons. The van der Waals surface area contributed by atoms with Crippen LogP contribution < -0.4 is 5.19 Å². The largest absolute Gasteiger partial charge is 0.305 e. The summed E-state index contributed by atoms with van der Waals surface area (Å²) in [6.07, 6.45) is 17.9. The molecule has 0 atom stereocenters. The van der Waals surface area contributed by atoms with Crippen molar-refractivity contribution in [2.45, 2.75) is 103 Å². The van der Waals surface area contributed by atoms with Crippen LogP contribution in [0.2, 0.25) is 19.6 Å². The van der Waals surface area contributed by atoms with E-state index in [4.69, 9.17) is 9.97 Å². The van der Waals surface area contributed by atoms with Gasteiger partial charge in [0.1, 0.15) is 0 Å². The van der Waals surface area contributed by atoms with Gasteiger partial charge in [-0.3, -0.25) is 0 Å². The number of hydrogen-bond acceptors (Lipinski definition) is 3. The van der Waals surface area contributed by atoms with Gasteiger partial charge in [0, 0.05) is 37.2 Å². The summed E-state index contributed by atoms with van der Waals surface area (Å²) >= 11 is 1.83. The molecule has 2 saturated carbocycles. The molecule has 7 aromatic rings. The van der Waals surface area contributed by atoms with Gasteiger partial charge in [-0.05, 0) is 86.4 Å². The number of pyridine rings is 2. The first-order chi connectivity index (χ1) is 27.1. The summed E-state index contributed by atoms with van der Waals surface area (Å²) in [5.74, 6) is 1.62. The summed E-state index contributed by atoms with van der Waals surface area (Å²) in [4.78, 5) is 9.59. The summed E-state index contributed by atoms with van der Waals surface area (Å²) in [6.45, 7) is 12.1. The average Bonchev–Trinajstić information content (AvgIpc) is 3.91. The fourth-order valence-corrected chi connectivity index (χ4v) is 12.1. The molecule has 0 amide bonds. The van der Waals surface area contributed by atoms with Crippen molar-refractivity contribution in [3.05, 3.63) is 139 Å². The van der Waals surface area contributed by atoms with Gasteiger partial charge in [0.25, 0.3) is 0 Å². The quantitative estimate of drug-likeness (QED) is 0.112. The van der Waals surface area contributed by atoms with Crippen molar-refractivity contribution in [2.75, 3.05) is 0 Å². The van der Waals surface area contributed by atoms with E-state index in [0.29, 0.717) is 0 Å². The van der Waals surface area contributed by atoms with Crippen LogP contribution in [-0.2, 0) is 31.9 Å². The van der Waals surface area contributed by atoms with E-state index in [1.165, 1.54) is 101 Å². The van der Waals surface area contributed by atoms with Gasteiger partial charge < -0.3 is 9.97 Å². The molecule has 5 heteroatoms. The minimum absolute atomic E-state index is 0. The fourth-order valence-electron chi connectivity index (χ4n) is 9.36. The van der Waals surface area contributed by atoms with Crippen molar-refractivity contribution in [3.63, 3.8) is 0 Å². The zero-order valence-corrected chi connectivity index (χ0v) is 38.5. The summed E-state index contributed by atoms with van der Waals surface area (Å²) in [7, 11) is -1.36. The molecule has 57 heavy (non-hydrogen) atoms. The second-order valence-electron chi connectivity index (χ2n) is 17.9. The standard InChI is InChI=1S/C31H28NS.C21H28NSi.Ir/c1-31(2,23-12-6-7-13-23)24-16-17-32-27(20-24)22-18-26(21-10-4-3-5-11-21)30-25-14-8-9-15-28(25)33-29(30)19-22;1-23(2,3)21-16-22-20(18-12-8-5-9-13-18)15-19(21)14-17-10-6-4-7-11-17;/h3-5,8-11,14-18,20,23H,6-7,12-13H2,1-2H3;5,8-9,12,15-17H,4,6-7,10-11,14H2,1-3H3;/q2*-1;. The van der Waals surface area contributed by atoms with E-state index in [-0.39, 0.29) is 25.5 Å². The van der Waals surface area contributed by atoms with E-state index < -0.39 is 8.07 Å². The molecule has 2 aliphatic rings. The maximum absolute atomic E-state index is 4.82. The van der Waals surface area contributed by atoms with Crippen molar-refractivity contribution in [3.8, 4) is 33.6 Å². The van der Waals surface area contributed by atoms with Crippen molar-refractivity contribution in [1.29, 1.82) is 0 Å². The van der Waals surface area contributed by atoms with E-state index in [0.717, 1.165) is 34.4 Å². The van der Waals surface area contributed by atoms with Gasteiger partial charge in [-0.25, -0.2) is 0 Å². The normalized spacial score (nSPS) is 15.3.